The lowest BCUT2D eigenvalue weighted by atomic mass is 10.1. The summed E-state index contributed by atoms with van der Waals surface area (Å²) >= 11 is 0. The van der Waals surface area contributed by atoms with E-state index >= 15 is 0 Å². The first kappa shape index (κ1) is 17.9. The van der Waals surface area contributed by atoms with Crippen LogP contribution in [0.3, 0.4) is 0 Å². The van der Waals surface area contributed by atoms with Crippen molar-refractivity contribution in [3.8, 4) is 0 Å². The summed E-state index contributed by atoms with van der Waals surface area (Å²) in [6.07, 6.45) is -7.85. The largest absolute Gasteiger partial charge is 0.670 e. The van der Waals surface area contributed by atoms with Crippen LogP contribution in [0, 0.1) is 0 Å². The third kappa shape index (κ3) is 6.44. The number of halogens is 6. The summed E-state index contributed by atoms with van der Waals surface area (Å²) in [4.78, 5) is 3.65. The molecule has 1 atom stereocenters. The summed E-state index contributed by atoms with van der Waals surface area (Å²) in [7, 11) is 0. The molecule has 1 heterocycles. The standard InChI is InChI=1S/C11H13F6N2O2/c1-7(18)8-2-3-9(4-19-8,20-5-10(12,13)14)21-6-11(15,16)17/h2,4,7,18H,3,5-6H2,1H3/q-1/t7-/m0/s1. The Labute approximate surface area is 116 Å². The van der Waals surface area contributed by atoms with E-state index in [9.17, 15) is 26.3 Å². The smallest absolute Gasteiger partial charge is 0.411 e. The normalized spacial score (nSPS) is 20.3. The number of hydrogen-bond donors (Lipinski definition) is 0. The molecule has 0 amide bonds. The van der Waals surface area contributed by atoms with Gasteiger partial charge in [-0.05, 0) is 0 Å². The minimum atomic E-state index is -4.71. The van der Waals surface area contributed by atoms with E-state index in [-0.39, 0.29) is 12.1 Å². The predicted molar refractivity (Wildman–Crippen MR) is 61.7 cm³/mol. The third-order valence-electron chi connectivity index (χ3n) is 2.41. The molecule has 1 N–H and O–H groups in total. The second-order valence-electron chi connectivity index (χ2n) is 4.43. The van der Waals surface area contributed by atoms with E-state index in [1.807, 2.05) is 0 Å². The van der Waals surface area contributed by atoms with E-state index in [0.29, 0.717) is 0 Å². The topological polar surface area (TPSA) is 54.6 Å². The molecular formula is C11H13F6N2O2-. The Morgan fingerprint density at radius 2 is 1.67 bits per heavy atom. The van der Waals surface area contributed by atoms with Crippen LogP contribution in [-0.4, -0.2) is 43.6 Å². The molecule has 0 saturated carbocycles. The van der Waals surface area contributed by atoms with Gasteiger partial charge in [0.25, 0.3) is 0 Å². The minimum absolute atomic E-state index is 0.219. The molecule has 122 valence electrons. The van der Waals surface area contributed by atoms with Crippen LogP contribution in [0.15, 0.2) is 16.8 Å². The Bertz CT molecular complexity index is 396. The van der Waals surface area contributed by atoms with E-state index in [1.54, 1.807) is 0 Å². The van der Waals surface area contributed by atoms with E-state index in [1.165, 1.54) is 13.0 Å². The van der Waals surface area contributed by atoms with Crippen LogP contribution in [0.2, 0.25) is 0 Å². The third-order valence-corrected chi connectivity index (χ3v) is 2.41. The molecule has 0 aliphatic carbocycles. The number of aliphatic imine (C=N–C) groups is 1. The van der Waals surface area contributed by atoms with Gasteiger partial charge in [-0.1, -0.05) is 19.0 Å². The zero-order valence-electron chi connectivity index (χ0n) is 10.9. The van der Waals surface area contributed by atoms with Crippen molar-refractivity contribution in [1.82, 2.24) is 0 Å². The van der Waals surface area contributed by atoms with Crippen LogP contribution < -0.4 is 0 Å². The van der Waals surface area contributed by atoms with Gasteiger partial charge in [0.2, 0.25) is 5.79 Å². The highest BCUT2D eigenvalue weighted by molar-refractivity contribution is 5.70. The molecule has 0 saturated heterocycles. The number of nitrogens with zero attached hydrogens (tertiary/aromatic N) is 1. The molecule has 4 nitrogen and oxygen atoms in total. The lowest BCUT2D eigenvalue weighted by molar-refractivity contribution is -0.280. The fraction of sp³-hybridized carbons (Fsp3) is 0.727. The number of nitrogens with one attached hydrogen (secondary N) is 1. The molecule has 0 bridgehead atoms. The van der Waals surface area contributed by atoms with Gasteiger partial charge in [-0.15, -0.1) is 0 Å². The fourth-order valence-electron chi connectivity index (χ4n) is 1.46. The molecule has 1 rings (SSSR count). The summed E-state index contributed by atoms with van der Waals surface area (Å²) in [5.74, 6) is -2.23. The maximum absolute atomic E-state index is 12.2. The van der Waals surface area contributed by atoms with Gasteiger partial charge in [0.15, 0.2) is 0 Å². The lowest BCUT2D eigenvalue weighted by Gasteiger charge is -2.33. The second-order valence-corrected chi connectivity index (χ2v) is 4.43. The maximum atomic E-state index is 12.2. The molecule has 0 aromatic heterocycles. The molecule has 0 aromatic carbocycles. The van der Waals surface area contributed by atoms with Gasteiger partial charge in [0.05, 0.1) is 6.21 Å². The van der Waals surface area contributed by atoms with Crippen molar-refractivity contribution in [2.45, 2.75) is 37.5 Å². The van der Waals surface area contributed by atoms with Crippen LogP contribution in [-0.2, 0) is 9.47 Å². The maximum Gasteiger partial charge on any atom is 0.411 e. The molecule has 1 aliphatic heterocycles. The number of alkyl halides is 6. The van der Waals surface area contributed by atoms with Gasteiger partial charge in [0, 0.05) is 12.1 Å². The Hall–Kier alpha value is -1.13. The molecule has 1 aliphatic rings. The summed E-state index contributed by atoms with van der Waals surface area (Å²) in [5.41, 5.74) is 7.60. The van der Waals surface area contributed by atoms with E-state index in [0.717, 1.165) is 6.21 Å². The average Bonchev–Trinajstić information content (AvgIpc) is 2.33. The van der Waals surface area contributed by atoms with Crippen LogP contribution >= 0.6 is 0 Å². The number of ether oxygens (including phenoxy) is 2. The van der Waals surface area contributed by atoms with Crippen LogP contribution in [0.5, 0.6) is 0 Å². The molecule has 0 spiro atoms. The van der Waals surface area contributed by atoms with Gasteiger partial charge in [-0.3, -0.25) is 4.99 Å². The lowest BCUT2D eigenvalue weighted by Crippen LogP contribution is -2.44. The van der Waals surface area contributed by atoms with Crippen molar-refractivity contribution >= 4 is 6.21 Å². The molecular weight excluding hydrogens is 306 g/mol. The van der Waals surface area contributed by atoms with Crippen LogP contribution in [0.25, 0.3) is 5.73 Å². The van der Waals surface area contributed by atoms with Crippen molar-refractivity contribution in [1.29, 1.82) is 0 Å². The zero-order chi connectivity index (χ0) is 16.3. The number of rotatable bonds is 5. The summed E-state index contributed by atoms with van der Waals surface area (Å²) in [5, 5.41) is 0. The van der Waals surface area contributed by atoms with Crippen molar-refractivity contribution in [2.24, 2.45) is 4.99 Å². The first-order chi connectivity index (χ1) is 9.43. The Morgan fingerprint density at radius 1 is 1.19 bits per heavy atom. The van der Waals surface area contributed by atoms with Crippen molar-refractivity contribution in [2.75, 3.05) is 13.2 Å². The predicted octanol–water partition coefficient (Wildman–Crippen LogP) is 3.64. The summed E-state index contributed by atoms with van der Waals surface area (Å²) in [6, 6.07) is -0.760. The van der Waals surface area contributed by atoms with E-state index in [4.69, 9.17) is 5.73 Å². The Morgan fingerprint density at radius 3 is 1.95 bits per heavy atom. The number of hydrogen-bond acceptors (Lipinski definition) is 3. The highest BCUT2D eigenvalue weighted by atomic mass is 19.4. The quantitative estimate of drug-likeness (QED) is 0.574. The van der Waals surface area contributed by atoms with Gasteiger partial charge in [-0.25, -0.2) is 0 Å². The molecule has 0 unspecified atom stereocenters. The van der Waals surface area contributed by atoms with Crippen LogP contribution in [0.1, 0.15) is 13.3 Å². The average molecular weight is 319 g/mol. The molecule has 0 radical (unpaired) electrons. The molecule has 0 fully saturated rings. The SMILES string of the molecule is C[C@H]([NH-])C1=CCC(OCC(F)(F)F)(OCC(F)(F)F)C=N1. The van der Waals surface area contributed by atoms with Gasteiger partial charge < -0.3 is 15.2 Å². The Kier molecular flexibility index (Phi) is 5.40. The fourth-order valence-corrected chi connectivity index (χ4v) is 1.46. The second kappa shape index (κ2) is 6.32. The molecule has 10 heteroatoms. The van der Waals surface area contributed by atoms with E-state index in [2.05, 4.69) is 14.5 Å². The van der Waals surface area contributed by atoms with Gasteiger partial charge in [-0.2, -0.15) is 26.3 Å². The van der Waals surface area contributed by atoms with Crippen molar-refractivity contribution in [3.63, 3.8) is 0 Å². The molecule has 21 heavy (non-hydrogen) atoms. The highest BCUT2D eigenvalue weighted by Gasteiger charge is 2.41. The summed E-state index contributed by atoms with van der Waals surface area (Å²) < 4.78 is 81.9. The molecule has 0 aromatic rings. The Balaban J connectivity index is 2.80. The van der Waals surface area contributed by atoms with Crippen molar-refractivity contribution in [3.05, 3.63) is 17.5 Å². The highest BCUT2D eigenvalue weighted by Crippen LogP contribution is 2.29. The van der Waals surface area contributed by atoms with Gasteiger partial charge in [0.1, 0.15) is 13.2 Å². The van der Waals surface area contributed by atoms with Crippen molar-refractivity contribution < 1.29 is 35.8 Å². The summed E-state index contributed by atoms with van der Waals surface area (Å²) in [6.45, 7) is -2.07. The van der Waals surface area contributed by atoms with Gasteiger partial charge >= 0.3 is 12.4 Å². The first-order valence-corrected chi connectivity index (χ1v) is 5.80. The van der Waals surface area contributed by atoms with Crippen LogP contribution in [0.4, 0.5) is 26.3 Å². The minimum Gasteiger partial charge on any atom is -0.670 e. The zero-order valence-corrected chi connectivity index (χ0v) is 10.9. The first-order valence-electron chi connectivity index (χ1n) is 5.80. The monoisotopic (exact) mass is 319 g/mol. The van der Waals surface area contributed by atoms with E-state index < -0.39 is 37.4 Å².